The minimum atomic E-state index is -3.30. The van der Waals surface area contributed by atoms with Crippen molar-refractivity contribution < 1.29 is 8.42 Å². The van der Waals surface area contributed by atoms with E-state index in [0.717, 1.165) is 32.4 Å². The summed E-state index contributed by atoms with van der Waals surface area (Å²) in [6.07, 6.45) is 3.27. The van der Waals surface area contributed by atoms with Crippen LogP contribution in [0.5, 0.6) is 0 Å². The number of sulfonamides is 1. The van der Waals surface area contributed by atoms with E-state index in [0.29, 0.717) is 29.8 Å². The van der Waals surface area contributed by atoms with Crippen LogP contribution in [0, 0.1) is 11.8 Å². The summed E-state index contributed by atoms with van der Waals surface area (Å²) in [4.78, 5) is 0.492. The van der Waals surface area contributed by atoms with Crippen LogP contribution in [0.4, 0.5) is 0 Å². The molecule has 2 saturated heterocycles. The Labute approximate surface area is 120 Å². The number of fused-ring (bicyclic) bond motifs is 2. The number of benzene rings is 1. The van der Waals surface area contributed by atoms with Gasteiger partial charge in [-0.05, 0) is 67.4 Å². The van der Waals surface area contributed by atoms with Crippen molar-refractivity contribution in [2.75, 3.05) is 26.2 Å². The summed E-state index contributed by atoms with van der Waals surface area (Å²) in [5.41, 5.74) is 2.55. The summed E-state index contributed by atoms with van der Waals surface area (Å²) in [5.74, 6) is 0.999. The lowest BCUT2D eigenvalue weighted by atomic mass is 10.0. The van der Waals surface area contributed by atoms with Crippen molar-refractivity contribution in [2.45, 2.75) is 24.2 Å². The van der Waals surface area contributed by atoms with Crippen molar-refractivity contribution in [3.8, 4) is 0 Å². The summed E-state index contributed by atoms with van der Waals surface area (Å²) >= 11 is 0. The van der Waals surface area contributed by atoms with E-state index >= 15 is 0 Å². The van der Waals surface area contributed by atoms with Gasteiger partial charge in [-0.15, -0.1) is 0 Å². The SMILES string of the molecule is O=S(=O)(c1ccc2c(c1)CCC2)N1CC2CNCC2C1. The van der Waals surface area contributed by atoms with Crippen LogP contribution in [-0.4, -0.2) is 38.9 Å². The Morgan fingerprint density at radius 3 is 2.50 bits per heavy atom. The lowest BCUT2D eigenvalue weighted by Gasteiger charge is -2.18. The Bertz CT molecular complexity index is 629. The first-order valence-corrected chi connectivity index (χ1v) is 8.91. The standard InChI is InChI=1S/C15H20N2O2S/c18-20(19,17-9-13-7-16-8-14(13)10-17)15-5-4-11-2-1-3-12(11)6-15/h4-6,13-14,16H,1-3,7-10H2. The predicted octanol–water partition coefficient (Wildman–Crippen LogP) is 1.02. The van der Waals surface area contributed by atoms with Gasteiger partial charge in [-0.2, -0.15) is 4.31 Å². The molecule has 20 heavy (non-hydrogen) atoms. The molecular weight excluding hydrogens is 272 g/mol. The highest BCUT2D eigenvalue weighted by atomic mass is 32.2. The predicted molar refractivity (Wildman–Crippen MR) is 77.1 cm³/mol. The first-order chi connectivity index (χ1) is 9.64. The normalized spacial score (nSPS) is 29.6. The Hall–Kier alpha value is -0.910. The molecule has 0 spiro atoms. The van der Waals surface area contributed by atoms with Crippen molar-refractivity contribution >= 4 is 10.0 Å². The molecule has 0 saturated carbocycles. The number of nitrogens with one attached hydrogen (secondary N) is 1. The lowest BCUT2D eigenvalue weighted by Crippen LogP contribution is -2.32. The molecular formula is C15H20N2O2S. The summed E-state index contributed by atoms with van der Waals surface area (Å²) in [6, 6.07) is 5.71. The molecule has 2 fully saturated rings. The number of nitrogens with zero attached hydrogens (tertiary/aromatic N) is 1. The highest BCUT2D eigenvalue weighted by molar-refractivity contribution is 7.89. The Morgan fingerprint density at radius 2 is 1.75 bits per heavy atom. The smallest absolute Gasteiger partial charge is 0.243 e. The Balaban J connectivity index is 1.64. The van der Waals surface area contributed by atoms with E-state index < -0.39 is 10.0 Å². The molecule has 3 aliphatic rings. The van der Waals surface area contributed by atoms with Gasteiger partial charge in [0.1, 0.15) is 0 Å². The van der Waals surface area contributed by atoms with E-state index in [1.54, 1.807) is 10.4 Å². The van der Waals surface area contributed by atoms with Crippen LogP contribution in [0.1, 0.15) is 17.5 Å². The first-order valence-electron chi connectivity index (χ1n) is 7.47. The van der Waals surface area contributed by atoms with Gasteiger partial charge in [0.2, 0.25) is 10.0 Å². The molecule has 1 N–H and O–H groups in total. The van der Waals surface area contributed by atoms with Gasteiger partial charge >= 0.3 is 0 Å². The molecule has 4 nitrogen and oxygen atoms in total. The van der Waals surface area contributed by atoms with Crippen LogP contribution in [-0.2, 0) is 22.9 Å². The number of hydrogen-bond donors (Lipinski definition) is 1. The van der Waals surface area contributed by atoms with Gasteiger partial charge in [-0.3, -0.25) is 0 Å². The molecule has 1 aliphatic carbocycles. The molecule has 2 aliphatic heterocycles. The monoisotopic (exact) mass is 292 g/mol. The molecule has 0 radical (unpaired) electrons. The fourth-order valence-electron chi connectivity index (χ4n) is 3.87. The van der Waals surface area contributed by atoms with E-state index in [4.69, 9.17) is 0 Å². The zero-order valence-corrected chi connectivity index (χ0v) is 12.3. The first kappa shape index (κ1) is 12.8. The average Bonchev–Trinajstić information content (AvgIpc) is 3.12. The lowest BCUT2D eigenvalue weighted by molar-refractivity contribution is 0.448. The average molecular weight is 292 g/mol. The molecule has 4 rings (SSSR count). The molecule has 2 unspecified atom stereocenters. The zero-order chi connectivity index (χ0) is 13.7. The maximum Gasteiger partial charge on any atom is 0.243 e. The van der Waals surface area contributed by atoms with Crippen molar-refractivity contribution in [1.82, 2.24) is 9.62 Å². The summed E-state index contributed by atoms with van der Waals surface area (Å²) < 4.78 is 27.2. The minimum Gasteiger partial charge on any atom is -0.316 e. The van der Waals surface area contributed by atoms with Crippen molar-refractivity contribution in [1.29, 1.82) is 0 Å². The Kier molecular flexibility index (Phi) is 2.91. The molecule has 0 bridgehead atoms. The number of hydrogen-bond acceptors (Lipinski definition) is 3. The quantitative estimate of drug-likeness (QED) is 0.885. The third kappa shape index (κ3) is 1.91. The van der Waals surface area contributed by atoms with Gasteiger partial charge in [0.15, 0.2) is 0 Å². The second kappa shape index (κ2) is 4.55. The highest BCUT2D eigenvalue weighted by Gasteiger charge is 2.41. The van der Waals surface area contributed by atoms with E-state index in [2.05, 4.69) is 5.32 Å². The van der Waals surface area contributed by atoms with Crippen LogP contribution < -0.4 is 5.32 Å². The van der Waals surface area contributed by atoms with Crippen molar-refractivity contribution in [3.63, 3.8) is 0 Å². The molecule has 108 valence electrons. The van der Waals surface area contributed by atoms with Crippen LogP contribution in [0.15, 0.2) is 23.1 Å². The summed E-state index contributed by atoms with van der Waals surface area (Å²) in [6.45, 7) is 3.27. The zero-order valence-electron chi connectivity index (χ0n) is 11.5. The topological polar surface area (TPSA) is 49.4 Å². The largest absolute Gasteiger partial charge is 0.316 e. The summed E-state index contributed by atoms with van der Waals surface area (Å²) in [5, 5.41) is 3.35. The van der Waals surface area contributed by atoms with E-state index in [1.165, 1.54) is 11.1 Å². The van der Waals surface area contributed by atoms with E-state index in [1.807, 2.05) is 12.1 Å². The summed E-state index contributed by atoms with van der Waals surface area (Å²) in [7, 11) is -3.30. The second-order valence-corrected chi connectivity index (χ2v) is 8.22. The van der Waals surface area contributed by atoms with Gasteiger partial charge < -0.3 is 5.32 Å². The van der Waals surface area contributed by atoms with Crippen molar-refractivity contribution in [2.24, 2.45) is 11.8 Å². The molecule has 1 aromatic carbocycles. The van der Waals surface area contributed by atoms with Gasteiger partial charge in [0.25, 0.3) is 0 Å². The Morgan fingerprint density at radius 1 is 1.05 bits per heavy atom. The molecule has 0 amide bonds. The van der Waals surface area contributed by atoms with Gasteiger partial charge in [0.05, 0.1) is 4.90 Å². The maximum absolute atomic E-state index is 12.8. The van der Waals surface area contributed by atoms with Crippen LogP contribution in [0.25, 0.3) is 0 Å². The molecule has 0 aromatic heterocycles. The van der Waals surface area contributed by atoms with Gasteiger partial charge in [0, 0.05) is 13.1 Å². The third-order valence-corrected chi connectivity index (χ3v) is 6.89. The van der Waals surface area contributed by atoms with Gasteiger partial charge in [-0.25, -0.2) is 8.42 Å². The molecule has 2 heterocycles. The fraction of sp³-hybridized carbons (Fsp3) is 0.600. The van der Waals surface area contributed by atoms with Crippen LogP contribution >= 0.6 is 0 Å². The van der Waals surface area contributed by atoms with Crippen LogP contribution in [0.3, 0.4) is 0 Å². The fourth-order valence-corrected chi connectivity index (χ4v) is 5.47. The molecule has 1 aromatic rings. The number of aryl methyl sites for hydroxylation is 2. The maximum atomic E-state index is 12.8. The van der Waals surface area contributed by atoms with Crippen LogP contribution in [0.2, 0.25) is 0 Å². The second-order valence-electron chi connectivity index (χ2n) is 6.28. The highest BCUT2D eigenvalue weighted by Crippen LogP contribution is 2.32. The van der Waals surface area contributed by atoms with Gasteiger partial charge in [-0.1, -0.05) is 6.07 Å². The minimum absolute atomic E-state index is 0.492. The molecule has 5 heteroatoms. The van der Waals surface area contributed by atoms with E-state index in [-0.39, 0.29) is 0 Å². The van der Waals surface area contributed by atoms with Crippen molar-refractivity contribution in [3.05, 3.63) is 29.3 Å². The third-order valence-electron chi connectivity index (χ3n) is 5.06. The number of rotatable bonds is 2. The van der Waals surface area contributed by atoms with E-state index in [9.17, 15) is 8.42 Å². The molecule has 2 atom stereocenters.